The molecular weight excluding hydrogens is 409 g/mol. The minimum Gasteiger partial charge on any atom is -0.756 e. The highest BCUT2D eigenvalue weighted by molar-refractivity contribution is 7.44. The van der Waals surface area contributed by atoms with Gasteiger partial charge in [-0.25, -0.2) is 0 Å². The number of hydrogen-bond acceptors (Lipinski definition) is 3. The lowest BCUT2D eigenvalue weighted by Gasteiger charge is -2.32. The van der Waals surface area contributed by atoms with Gasteiger partial charge in [0.05, 0.1) is 21.1 Å². The molecule has 2 atom stereocenters. The normalized spacial score (nSPS) is 21.7. The van der Waals surface area contributed by atoms with Crippen molar-refractivity contribution in [2.75, 3.05) is 27.7 Å². The fraction of sp³-hybridized carbons (Fsp3) is 0.600. The molecule has 176 valence electrons. The van der Waals surface area contributed by atoms with Gasteiger partial charge in [0.1, 0.15) is 12.6 Å². The van der Waals surface area contributed by atoms with Gasteiger partial charge in [-0.15, -0.1) is 0 Å². The van der Waals surface area contributed by atoms with Crippen LogP contribution >= 0.6 is 7.82 Å². The number of quaternary nitrogens is 1. The molecule has 5 nitrogen and oxygen atoms in total. The average Bonchev–Trinajstić information content (AvgIpc) is 2.56. The summed E-state index contributed by atoms with van der Waals surface area (Å²) in [6, 6.07) is 0. The van der Waals surface area contributed by atoms with Crippen LogP contribution in [0.2, 0.25) is 0 Å². The van der Waals surface area contributed by atoms with Gasteiger partial charge in [0.2, 0.25) is 0 Å². The lowest BCUT2D eigenvalue weighted by molar-refractivity contribution is -0.873. The number of rotatable bonds is 10. The Bertz CT molecular complexity index is 804. The Morgan fingerprint density at radius 3 is 2.45 bits per heavy atom. The van der Waals surface area contributed by atoms with Crippen molar-refractivity contribution in [2.45, 2.75) is 66.4 Å². The van der Waals surface area contributed by atoms with Crippen LogP contribution in [0, 0.1) is 5.41 Å². The summed E-state index contributed by atoms with van der Waals surface area (Å²) in [6.45, 7) is 11.4. The molecule has 0 aromatic rings. The molecule has 0 aromatic carbocycles. The summed E-state index contributed by atoms with van der Waals surface area (Å²) in [4.78, 5) is 20.2. The second-order valence-electron chi connectivity index (χ2n) is 10.4. The number of hydrogen-bond donors (Lipinski definition) is 1. The summed E-state index contributed by atoms with van der Waals surface area (Å²) in [6.07, 6.45) is 15.9. The van der Waals surface area contributed by atoms with Crippen LogP contribution in [0.1, 0.15) is 60.3 Å². The number of nitrogens with zero attached hydrogens (tertiary/aromatic N) is 1. The molecule has 0 aliphatic heterocycles. The molecule has 0 saturated carbocycles. The largest absolute Gasteiger partial charge is 0.756 e. The first kappa shape index (κ1) is 27.8. The summed E-state index contributed by atoms with van der Waals surface area (Å²) < 4.78 is 16.6. The first-order chi connectivity index (χ1) is 14.1. The topological polar surface area (TPSA) is 69.6 Å². The molecule has 1 N–H and O–H groups in total. The van der Waals surface area contributed by atoms with Crippen LogP contribution < -0.4 is 4.89 Å². The Balaban J connectivity index is 2.77. The van der Waals surface area contributed by atoms with Crippen molar-refractivity contribution in [3.05, 3.63) is 58.7 Å². The number of allylic oxidation sites excluding steroid dienone is 9. The molecule has 2 unspecified atom stereocenters. The van der Waals surface area contributed by atoms with Crippen molar-refractivity contribution in [1.29, 1.82) is 0 Å². The van der Waals surface area contributed by atoms with Gasteiger partial charge in [0, 0.05) is 0 Å². The highest BCUT2D eigenvalue weighted by Gasteiger charge is 2.26. The second kappa shape index (κ2) is 11.6. The molecule has 0 radical (unpaired) electrons. The van der Waals surface area contributed by atoms with Crippen LogP contribution in [0.4, 0.5) is 0 Å². The van der Waals surface area contributed by atoms with Crippen LogP contribution in [-0.4, -0.2) is 43.2 Å². The zero-order valence-electron chi connectivity index (χ0n) is 20.6. The van der Waals surface area contributed by atoms with Crippen LogP contribution in [0.25, 0.3) is 0 Å². The van der Waals surface area contributed by atoms with Crippen molar-refractivity contribution in [3.63, 3.8) is 0 Å². The first-order valence-electron chi connectivity index (χ1n) is 11.0. The van der Waals surface area contributed by atoms with Crippen molar-refractivity contribution in [2.24, 2.45) is 5.41 Å². The van der Waals surface area contributed by atoms with Gasteiger partial charge < -0.3 is 18.8 Å². The predicted molar refractivity (Wildman–Crippen MR) is 128 cm³/mol. The second-order valence-corrected chi connectivity index (χ2v) is 11.5. The van der Waals surface area contributed by atoms with E-state index >= 15 is 0 Å². The third-order valence-electron chi connectivity index (χ3n) is 5.51. The fourth-order valence-electron chi connectivity index (χ4n) is 3.97. The van der Waals surface area contributed by atoms with Crippen molar-refractivity contribution in [3.8, 4) is 0 Å². The molecule has 0 heterocycles. The van der Waals surface area contributed by atoms with Gasteiger partial charge >= 0.3 is 0 Å². The lowest BCUT2D eigenvalue weighted by atomic mass is 9.72. The van der Waals surface area contributed by atoms with E-state index in [1.54, 1.807) is 0 Å². The molecule has 0 amide bonds. The number of phosphoric ester groups is 1. The van der Waals surface area contributed by atoms with E-state index in [9.17, 15) is 9.46 Å². The Kier molecular flexibility index (Phi) is 10.4. The predicted octanol–water partition coefficient (Wildman–Crippen LogP) is 5.46. The van der Waals surface area contributed by atoms with E-state index in [-0.39, 0.29) is 5.41 Å². The van der Waals surface area contributed by atoms with Gasteiger partial charge in [-0.2, -0.15) is 0 Å². The Morgan fingerprint density at radius 1 is 1.26 bits per heavy atom. The standard InChI is InChI=1S/C25H42NO4P/c1-20(14-16-23(19-26(6,7)8)30-31(27,28)29)11-9-12-21(2)15-17-24-22(3)13-10-18-25(24,4)5/h9,11-12,14-15,17,23H,10,13,16,18-19H2,1-8H3,(H-,27,28,29)/b11-9?,17-15?,20-14?,21-12-. The maximum Gasteiger partial charge on any atom is 0.265 e. The molecule has 1 aliphatic rings. The maximum absolute atomic E-state index is 11.2. The Morgan fingerprint density at radius 2 is 1.90 bits per heavy atom. The molecule has 6 heteroatoms. The third-order valence-corrected chi connectivity index (χ3v) is 6.07. The summed E-state index contributed by atoms with van der Waals surface area (Å²) in [5.41, 5.74) is 5.36. The molecule has 31 heavy (non-hydrogen) atoms. The molecule has 0 spiro atoms. The van der Waals surface area contributed by atoms with E-state index in [1.807, 2.05) is 46.3 Å². The van der Waals surface area contributed by atoms with Crippen LogP contribution in [0.5, 0.6) is 0 Å². The maximum atomic E-state index is 11.2. The average molecular weight is 452 g/mol. The molecule has 0 bridgehead atoms. The fourth-order valence-corrected chi connectivity index (χ4v) is 4.50. The van der Waals surface area contributed by atoms with Crippen molar-refractivity contribution in [1.82, 2.24) is 0 Å². The Hall–Kier alpha value is -1.23. The van der Waals surface area contributed by atoms with Gasteiger partial charge in [-0.3, -0.25) is 4.57 Å². The van der Waals surface area contributed by atoms with Crippen LogP contribution in [-0.2, 0) is 9.09 Å². The molecule has 0 fully saturated rings. The Labute approximate surface area is 189 Å². The summed E-state index contributed by atoms with van der Waals surface area (Å²) >= 11 is 0. The van der Waals surface area contributed by atoms with E-state index < -0.39 is 13.9 Å². The molecule has 1 aliphatic carbocycles. The monoisotopic (exact) mass is 451 g/mol. The van der Waals surface area contributed by atoms with E-state index in [4.69, 9.17) is 9.42 Å². The highest BCUT2D eigenvalue weighted by atomic mass is 31.2. The number of phosphoric acid groups is 1. The summed E-state index contributed by atoms with van der Waals surface area (Å²) in [5.74, 6) is 0. The number of likely N-dealkylation sites (N-methyl/N-ethyl adjacent to an activating group) is 1. The quantitative estimate of drug-likeness (QED) is 0.272. The molecular formula is C25H42NO4P. The lowest BCUT2D eigenvalue weighted by Crippen LogP contribution is -2.42. The van der Waals surface area contributed by atoms with Gasteiger partial charge in [0.25, 0.3) is 7.82 Å². The minimum absolute atomic E-state index is 0.237. The minimum atomic E-state index is -4.76. The van der Waals surface area contributed by atoms with Crippen LogP contribution in [0.3, 0.4) is 0 Å². The van der Waals surface area contributed by atoms with E-state index in [0.29, 0.717) is 17.4 Å². The molecule has 1 rings (SSSR count). The zero-order valence-corrected chi connectivity index (χ0v) is 21.5. The van der Waals surface area contributed by atoms with E-state index in [2.05, 4.69) is 45.9 Å². The summed E-state index contributed by atoms with van der Waals surface area (Å²) in [7, 11) is 1.09. The zero-order chi connectivity index (χ0) is 23.9. The van der Waals surface area contributed by atoms with E-state index in [1.165, 1.54) is 36.0 Å². The smallest absolute Gasteiger partial charge is 0.265 e. The van der Waals surface area contributed by atoms with Crippen molar-refractivity contribution < 1.29 is 23.4 Å². The van der Waals surface area contributed by atoms with Gasteiger partial charge in [0.15, 0.2) is 0 Å². The van der Waals surface area contributed by atoms with Gasteiger partial charge in [-0.05, 0) is 57.4 Å². The van der Waals surface area contributed by atoms with Gasteiger partial charge in [-0.1, -0.05) is 67.0 Å². The first-order valence-corrected chi connectivity index (χ1v) is 12.5. The van der Waals surface area contributed by atoms with Crippen molar-refractivity contribution >= 4 is 7.82 Å². The molecule has 0 saturated heterocycles. The SMILES string of the molecule is CC(C=C/C=C(/C)C=CC1=C(C)CCCC1(C)C)=CCC(C[N+](C)(C)C)OP(=O)([O-])O. The third kappa shape index (κ3) is 11.8. The highest BCUT2D eigenvalue weighted by Crippen LogP contribution is 2.40. The summed E-state index contributed by atoms with van der Waals surface area (Å²) in [5, 5.41) is 0. The van der Waals surface area contributed by atoms with E-state index in [0.717, 1.165) is 5.57 Å². The van der Waals surface area contributed by atoms with Crippen LogP contribution in [0.15, 0.2) is 58.7 Å². The molecule has 0 aromatic heterocycles.